The Bertz CT molecular complexity index is 57.1. The molecule has 0 saturated carbocycles. The summed E-state index contributed by atoms with van der Waals surface area (Å²) in [6.07, 6.45) is 0. The Morgan fingerprint density at radius 2 is 2.29 bits per heavy atom. The molecule has 0 aliphatic carbocycles. The highest BCUT2D eigenvalue weighted by atomic mass is 79.9. The molecule has 0 amide bonds. The Hall–Kier alpha value is 0.440. The van der Waals surface area contributed by atoms with Crippen LogP contribution in [-0.2, 0) is 4.74 Å². The van der Waals surface area contributed by atoms with Gasteiger partial charge >= 0.3 is 0 Å². The van der Waals surface area contributed by atoms with E-state index < -0.39 is 0 Å². The maximum absolute atomic E-state index is 5.12. The summed E-state index contributed by atoms with van der Waals surface area (Å²) in [5, 5.41) is 0. The molecule has 1 fully saturated rings. The molecular weight excluding hydrogens is 156 g/mol. The first-order chi connectivity index (χ1) is 3.30. The van der Waals surface area contributed by atoms with Gasteiger partial charge < -0.3 is 4.74 Å². The van der Waals surface area contributed by atoms with Crippen LogP contribution in [0.25, 0.3) is 0 Å². The van der Waals surface area contributed by atoms with Gasteiger partial charge in [-0.3, -0.25) is 0 Å². The molecule has 1 aliphatic rings. The molecule has 2 unspecified atom stereocenters. The first-order valence-electron chi connectivity index (χ1n) is 2.52. The fourth-order valence-corrected chi connectivity index (χ4v) is 0.975. The summed E-state index contributed by atoms with van der Waals surface area (Å²) < 4.78 is 5.12. The quantitative estimate of drug-likeness (QED) is 0.493. The van der Waals surface area contributed by atoms with Crippen LogP contribution < -0.4 is 0 Å². The van der Waals surface area contributed by atoms with Gasteiger partial charge in [-0.05, 0) is 5.92 Å². The van der Waals surface area contributed by atoms with Crippen molar-refractivity contribution in [2.24, 2.45) is 5.92 Å². The molecule has 0 N–H and O–H groups in total. The van der Waals surface area contributed by atoms with Gasteiger partial charge in [0.15, 0.2) is 0 Å². The van der Waals surface area contributed by atoms with E-state index >= 15 is 0 Å². The molecule has 7 heavy (non-hydrogen) atoms. The van der Waals surface area contributed by atoms with Crippen LogP contribution >= 0.6 is 15.9 Å². The van der Waals surface area contributed by atoms with Crippen LogP contribution in [0.1, 0.15) is 6.92 Å². The first-order valence-corrected chi connectivity index (χ1v) is 3.44. The number of hydrogen-bond donors (Lipinski definition) is 0. The monoisotopic (exact) mass is 164 g/mol. The van der Waals surface area contributed by atoms with Crippen LogP contribution in [0.2, 0.25) is 0 Å². The lowest BCUT2D eigenvalue weighted by molar-refractivity contribution is 0.189. The van der Waals surface area contributed by atoms with Crippen LogP contribution in [0.15, 0.2) is 0 Å². The third kappa shape index (κ3) is 1.16. The second kappa shape index (κ2) is 2.14. The zero-order valence-electron chi connectivity index (χ0n) is 4.36. The summed E-state index contributed by atoms with van der Waals surface area (Å²) in [7, 11) is 0. The summed E-state index contributed by atoms with van der Waals surface area (Å²) in [5.41, 5.74) is 0. The summed E-state index contributed by atoms with van der Waals surface area (Å²) in [4.78, 5) is 0.604. The SMILES string of the molecule is CC1COCC1Br. The van der Waals surface area contributed by atoms with Gasteiger partial charge in [-0.2, -0.15) is 0 Å². The molecule has 0 aromatic heterocycles. The van der Waals surface area contributed by atoms with Crippen molar-refractivity contribution in [1.29, 1.82) is 0 Å². The molecule has 0 spiro atoms. The molecule has 0 aromatic carbocycles. The van der Waals surface area contributed by atoms with Gasteiger partial charge in [0, 0.05) is 4.83 Å². The van der Waals surface area contributed by atoms with Crippen molar-refractivity contribution in [3.05, 3.63) is 0 Å². The topological polar surface area (TPSA) is 9.23 Å². The number of halogens is 1. The second-order valence-electron chi connectivity index (χ2n) is 2.03. The van der Waals surface area contributed by atoms with E-state index in [0.717, 1.165) is 13.2 Å². The third-order valence-corrected chi connectivity index (χ3v) is 2.44. The van der Waals surface area contributed by atoms with Crippen LogP contribution in [-0.4, -0.2) is 18.0 Å². The fraction of sp³-hybridized carbons (Fsp3) is 1.00. The fourth-order valence-electron chi connectivity index (χ4n) is 0.635. The normalized spacial score (nSPS) is 42.0. The van der Waals surface area contributed by atoms with E-state index in [1.54, 1.807) is 0 Å². The zero-order chi connectivity index (χ0) is 5.28. The third-order valence-electron chi connectivity index (χ3n) is 1.28. The molecule has 42 valence electrons. The lowest BCUT2D eigenvalue weighted by Crippen LogP contribution is -2.05. The molecule has 1 rings (SSSR count). The van der Waals surface area contributed by atoms with Crippen LogP contribution in [0.3, 0.4) is 0 Å². The van der Waals surface area contributed by atoms with E-state index in [4.69, 9.17) is 4.74 Å². The molecule has 1 nitrogen and oxygen atoms in total. The van der Waals surface area contributed by atoms with Crippen molar-refractivity contribution in [2.45, 2.75) is 11.8 Å². The van der Waals surface area contributed by atoms with E-state index in [1.807, 2.05) is 0 Å². The van der Waals surface area contributed by atoms with Gasteiger partial charge in [-0.1, -0.05) is 22.9 Å². The van der Waals surface area contributed by atoms with Gasteiger partial charge in [0.05, 0.1) is 13.2 Å². The summed E-state index contributed by atoms with van der Waals surface area (Å²) >= 11 is 3.48. The standard InChI is InChI=1S/C5H9BrO/c1-4-2-7-3-5(4)6/h4-5H,2-3H2,1H3. The van der Waals surface area contributed by atoms with E-state index in [2.05, 4.69) is 22.9 Å². The highest BCUT2D eigenvalue weighted by Crippen LogP contribution is 2.19. The maximum Gasteiger partial charge on any atom is 0.0595 e. The maximum atomic E-state index is 5.12. The van der Waals surface area contributed by atoms with E-state index in [9.17, 15) is 0 Å². The van der Waals surface area contributed by atoms with Crippen molar-refractivity contribution in [1.82, 2.24) is 0 Å². The second-order valence-corrected chi connectivity index (χ2v) is 3.21. The predicted octanol–water partition coefficient (Wildman–Crippen LogP) is 1.42. The Kier molecular flexibility index (Phi) is 1.70. The number of hydrogen-bond acceptors (Lipinski definition) is 1. The zero-order valence-corrected chi connectivity index (χ0v) is 5.94. The average Bonchev–Trinajstić information content (AvgIpc) is 1.91. The number of rotatable bonds is 0. The Morgan fingerprint density at radius 3 is 2.43 bits per heavy atom. The van der Waals surface area contributed by atoms with Gasteiger partial charge in [0.2, 0.25) is 0 Å². The summed E-state index contributed by atoms with van der Waals surface area (Å²) in [6.45, 7) is 4.00. The minimum atomic E-state index is 0.604. The predicted molar refractivity (Wildman–Crippen MR) is 32.7 cm³/mol. The van der Waals surface area contributed by atoms with Gasteiger partial charge in [-0.25, -0.2) is 0 Å². The van der Waals surface area contributed by atoms with Crippen molar-refractivity contribution in [2.75, 3.05) is 13.2 Å². The lowest BCUT2D eigenvalue weighted by Gasteiger charge is -1.99. The Morgan fingerprint density at radius 1 is 1.57 bits per heavy atom. The molecule has 0 aromatic rings. The molecule has 1 aliphatic heterocycles. The van der Waals surface area contributed by atoms with Crippen LogP contribution in [0, 0.1) is 5.92 Å². The van der Waals surface area contributed by atoms with Crippen molar-refractivity contribution < 1.29 is 4.74 Å². The molecule has 1 heterocycles. The first kappa shape index (κ1) is 5.57. The smallest absolute Gasteiger partial charge is 0.0595 e. The molecule has 2 atom stereocenters. The molecule has 0 bridgehead atoms. The molecule has 0 radical (unpaired) electrons. The molecular formula is C5H9BrO. The largest absolute Gasteiger partial charge is 0.380 e. The molecule has 2 heteroatoms. The van der Waals surface area contributed by atoms with Crippen LogP contribution in [0.5, 0.6) is 0 Å². The Balaban J connectivity index is 2.33. The van der Waals surface area contributed by atoms with Crippen molar-refractivity contribution in [3.63, 3.8) is 0 Å². The van der Waals surface area contributed by atoms with E-state index in [0.29, 0.717) is 10.7 Å². The molecule has 1 saturated heterocycles. The minimum Gasteiger partial charge on any atom is -0.380 e. The summed E-state index contributed by atoms with van der Waals surface area (Å²) in [5.74, 6) is 0.708. The highest BCUT2D eigenvalue weighted by Gasteiger charge is 2.20. The van der Waals surface area contributed by atoms with E-state index in [-0.39, 0.29) is 0 Å². The Labute approximate surface area is 52.2 Å². The van der Waals surface area contributed by atoms with Gasteiger partial charge in [0.1, 0.15) is 0 Å². The van der Waals surface area contributed by atoms with Crippen LogP contribution in [0.4, 0.5) is 0 Å². The average molecular weight is 165 g/mol. The van der Waals surface area contributed by atoms with E-state index in [1.165, 1.54) is 0 Å². The summed E-state index contributed by atoms with van der Waals surface area (Å²) in [6, 6.07) is 0. The van der Waals surface area contributed by atoms with Crippen molar-refractivity contribution >= 4 is 15.9 Å². The number of alkyl halides is 1. The minimum absolute atomic E-state index is 0.604. The number of ether oxygens (including phenoxy) is 1. The van der Waals surface area contributed by atoms with Crippen molar-refractivity contribution in [3.8, 4) is 0 Å². The van der Waals surface area contributed by atoms with Gasteiger partial charge in [0.25, 0.3) is 0 Å². The lowest BCUT2D eigenvalue weighted by atomic mass is 10.2. The van der Waals surface area contributed by atoms with Gasteiger partial charge in [-0.15, -0.1) is 0 Å². The highest BCUT2D eigenvalue weighted by molar-refractivity contribution is 9.09.